The summed E-state index contributed by atoms with van der Waals surface area (Å²) in [6.45, 7) is 10.3. The van der Waals surface area contributed by atoms with Gasteiger partial charge in [0.25, 0.3) is 0 Å². The summed E-state index contributed by atoms with van der Waals surface area (Å²) in [5.74, 6) is 1.11. The summed E-state index contributed by atoms with van der Waals surface area (Å²) in [4.78, 5) is 12.5. The Hall–Kier alpha value is -2.69. The van der Waals surface area contributed by atoms with Gasteiger partial charge in [0.2, 0.25) is 5.75 Å². The van der Waals surface area contributed by atoms with Crippen molar-refractivity contribution in [1.29, 1.82) is 0 Å². The summed E-state index contributed by atoms with van der Waals surface area (Å²) in [6, 6.07) is 5.27. The van der Waals surface area contributed by atoms with Crippen molar-refractivity contribution in [3.63, 3.8) is 0 Å². The number of fused-ring (bicyclic) bond motifs is 1. The van der Waals surface area contributed by atoms with Crippen LogP contribution in [0.5, 0.6) is 17.2 Å². The summed E-state index contributed by atoms with van der Waals surface area (Å²) < 4.78 is 22.3. The SMILES string of the molecule is COc1ccc2c(OC(C)C)c(OCC=C(C)CCC=C(C)C)c(=O)oc2c1. The summed E-state index contributed by atoms with van der Waals surface area (Å²) in [7, 11) is 1.56. The van der Waals surface area contributed by atoms with Gasteiger partial charge in [0.15, 0.2) is 5.75 Å². The molecule has 2 aromatic rings. The van der Waals surface area contributed by atoms with Crippen molar-refractivity contribution in [2.24, 2.45) is 0 Å². The van der Waals surface area contributed by atoms with Crippen molar-refractivity contribution < 1.29 is 18.6 Å². The lowest BCUT2D eigenvalue weighted by Crippen LogP contribution is -2.14. The third kappa shape index (κ3) is 5.91. The third-order valence-corrected chi connectivity index (χ3v) is 4.13. The Bertz CT molecular complexity index is 914. The van der Waals surface area contributed by atoms with E-state index in [1.54, 1.807) is 19.2 Å². The Balaban J connectivity index is 2.28. The van der Waals surface area contributed by atoms with Gasteiger partial charge in [0, 0.05) is 6.07 Å². The Labute approximate surface area is 166 Å². The highest BCUT2D eigenvalue weighted by atomic mass is 16.5. The number of benzene rings is 1. The quantitative estimate of drug-likeness (QED) is 0.411. The van der Waals surface area contributed by atoms with Crippen LogP contribution in [0, 0.1) is 0 Å². The van der Waals surface area contributed by atoms with Crippen molar-refractivity contribution in [2.45, 2.75) is 53.6 Å². The molecule has 2 rings (SSSR count). The largest absolute Gasteiger partial charge is 0.497 e. The van der Waals surface area contributed by atoms with E-state index < -0.39 is 5.63 Å². The molecule has 0 atom stereocenters. The normalized spacial score (nSPS) is 11.6. The lowest BCUT2D eigenvalue weighted by Gasteiger charge is -2.16. The minimum absolute atomic E-state index is 0.0970. The van der Waals surface area contributed by atoms with Gasteiger partial charge in [0.1, 0.15) is 17.9 Å². The molecule has 0 bridgehead atoms. The molecule has 1 aromatic heterocycles. The van der Waals surface area contributed by atoms with Gasteiger partial charge in [-0.1, -0.05) is 17.2 Å². The van der Waals surface area contributed by atoms with E-state index in [0.717, 1.165) is 12.8 Å². The van der Waals surface area contributed by atoms with Crippen LogP contribution < -0.4 is 19.8 Å². The van der Waals surface area contributed by atoms with Gasteiger partial charge < -0.3 is 18.6 Å². The molecule has 0 N–H and O–H groups in total. The lowest BCUT2D eigenvalue weighted by atomic mass is 10.1. The van der Waals surface area contributed by atoms with Crippen LogP contribution in [0.3, 0.4) is 0 Å². The highest BCUT2D eigenvalue weighted by molar-refractivity contribution is 5.86. The molecule has 0 saturated carbocycles. The van der Waals surface area contributed by atoms with E-state index in [4.69, 9.17) is 18.6 Å². The number of rotatable bonds is 9. The van der Waals surface area contributed by atoms with Gasteiger partial charge in [-0.2, -0.15) is 0 Å². The molecular weight excluding hydrogens is 356 g/mol. The molecule has 0 radical (unpaired) electrons. The van der Waals surface area contributed by atoms with Crippen molar-refractivity contribution in [3.05, 3.63) is 51.9 Å². The van der Waals surface area contributed by atoms with Crippen LogP contribution in [-0.4, -0.2) is 19.8 Å². The van der Waals surface area contributed by atoms with Crippen molar-refractivity contribution in [3.8, 4) is 17.2 Å². The maximum absolute atomic E-state index is 12.5. The highest BCUT2D eigenvalue weighted by Gasteiger charge is 2.19. The molecule has 0 aliphatic rings. The summed E-state index contributed by atoms with van der Waals surface area (Å²) >= 11 is 0. The number of methoxy groups -OCH3 is 1. The van der Waals surface area contributed by atoms with Gasteiger partial charge >= 0.3 is 5.63 Å². The number of hydrogen-bond acceptors (Lipinski definition) is 5. The smallest absolute Gasteiger partial charge is 0.383 e. The van der Waals surface area contributed by atoms with Crippen molar-refractivity contribution in [1.82, 2.24) is 0 Å². The van der Waals surface area contributed by atoms with Crippen LogP contribution in [0.2, 0.25) is 0 Å². The number of allylic oxidation sites excluding steroid dienone is 3. The highest BCUT2D eigenvalue weighted by Crippen LogP contribution is 2.35. The molecule has 5 heteroatoms. The maximum Gasteiger partial charge on any atom is 0.383 e. The van der Waals surface area contributed by atoms with Crippen LogP contribution >= 0.6 is 0 Å². The summed E-state index contributed by atoms with van der Waals surface area (Å²) in [5, 5.41) is 0.674. The molecule has 1 aromatic carbocycles. The lowest BCUT2D eigenvalue weighted by molar-refractivity contribution is 0.224. The van der Waals surface area contributed by atoms with E-state index in [0.29, 0.717) is 22.5 Å². The molecule has 28 heavy (non-hydrogen) atoms. The molecule has 0 aliphatic carbocycles. The Kier molecular flexibility index (Phi) is 7.73. The first-order valence-corrected chi connectivity index (χ1v) is 9.55. The standard InChI is InChI=1S/C23H30O5/c1-15(2)8-7-9-17(5)12-13-26-22-21(27-16(3)4)19-11-10-18(25-6)14-20(19)28-23(22)24/h8,10-12,14,16H,7,9,13H2,1-6H3. The molecule has 0 fully saturated rings. The van der Waals surface area contributed by atoms with E-state index in [1.807, 2.05) is 26.0 Å². The van der Waals surface area contributed by atoms with Gasteiger partial charge in [-0.3, -0.25) is 0 Å². The van der Waals surface area contributed by atoms with E-state index in [9.17, 15) is 4.79 Å². The van der Waals surface area contributed by atoms with Crippen LogP contribution in [0.25, 0.3) is 11.0 Å². The fourth-order valence-corrected chi connectivity index (χ4v) is 2.70. The Morgan fingerprint density at radius 1 is 1.14 bits per heavy atom. The van der Waals surface area contributed by atoms with Crippen molar-refractivity contribution in [2.75, 3.05) is 13.7 Å². The predicted molar refractivity (Wildman–Crippen MR) is 113 cm³/mol. The van der Waals surface area contributed by atoms with Crippen LogP contribution in [0.15, 0.2) is 50.7 Å². The zero-order valence-electron chi connectivity index (χ0n) is 17.6. The van der Waals surface area contributed by atoms with E-state index >= 15 is 0 Å². The number of hydrogen-bond donors (Lipinski definition) is 0. The first-order chi connectivity index (χ1) is 13.3. The fraction of sp³-hybridized carbons (Fsp3) is 0.435. The first-order valence-electron chi connectivity index (χ1n) is 9.55. The predicted octanol–water partition coefficient (Wildman–Crippen LogP) is 5.66. The van der Waals surface area contributed by atoms with Gasteiger partial charge in [-0.05, 0) is 65.7 Å². The second kappa shape index (κ2) is 10.0. The molecule has 0 aliphatic heterocycles. The fourth-order valence-electron chi connectivity index (χ4n) is 2.70. The van der Waals surface area contributed by atoms with Crippen LogP contribution in [0.1, 0.15) is 47.5 Å². The monoisotopic (exact) mass is 386 g/mol. The molecule has 5 nitrogen and oxygen atoms in total. The molecule has 152 valence electrons. The minimum atomic E-state index is -0.563. The molecule has 0 unspecified atom stereocenters. The Morgan fingerprint density at radius 3 is 2.54 bits per heavy atom. The van der Waals surface area contributed by atoms with Crippen molar-refractivity contribution >= 4 is 11.0 Å². The molecular formula is C23H30O5. The van der Waals surface area contributed by atoms with Gasteiger partial charge in [-0.25, -0.2) is 4.79 Å². The average Bonchev–Trinajstić information content (AvgIpc) is 2.62. The van der Waals surface area contributed by atoms with E-state index in [1.165, 1.54) is 11.1 Å². The first kappa shape index (κ1) is 21.6. The molecule has 0 amide bonds. The molecule has 0 saturated heterocycles. The third-order valence-electron chi connectivity index (χ3n) is 4.13. The maximum atomic E-state index is 12.5. The van der Waals surface area contributed by atoms with Gasteiger partial charge in [-0.15, -0.1) is 0 Å². The Morgan fingerprint density at radius 2 is 1.89 bits per heavy atom. The van der Waals surface area contributed by atoms with Gasteiger partial charge in [0.05, 0.1) is 18.6 Å². The van der Waals surface area contributed by atoms with E-state index in [2.05, 4.69) is 26.8 Å². The van der Waals surface area contributed by atoms with E-state index in [-0.39, 0.29) is 18.5 Å². The topological polar surface area (TPSA) is 57.9 Å². The van der Waals surface area contributed by atoms with Crippen LogP contribution in [-0.2, 0) is 0 Å². The number of ether oxygens (including phenoxy) is 3. The second-order valence-electron chi connectivity index (χ2n) is 7.26. The minimum Gasteiger partial charge on any atom is -0.497 e. The zero-order chi connectivity index (χ0) is 20.7. The summed E-state index contributed by atoms with van der Waals surface area (Å²) in [5.41, 5.74) is 2.36. The summed E-state index contributed by atoms with van der Waals surface area (Å²) in [6.07, 6.45) is 6.02. The molecule has 1 heterocycles. The zero-order valence-corrected chi connectivity index (χ0v) is 17.6. The second-order valence-corrected chi connectivity index (χ2v) is 7.26. The van der Waals surface area contributed by atoms with Crippen LogP contribution in [0.4, 0.5) is 0 Å². The molecule has 0 spiro atoms. The average molecular weight is 386 g/mol.